The molecule has 0 radical (unpaired) electrons. The average molecular weight is 251 g/mol. The summed E-state index contributed by atoms with van der Waals surface area (Å²) < 4.78 is 7.43. The van der Waals surface area contributed by atoms with Crippen LogP contribution in [-0.2, 0) is 7.05 Å². The molecular formula is C14H25N3O. The van der Waals surface area contributed by atoms with E-state index in [2.05, 4.69) is 24.3 Å². The molecule has 0 aromatic carbocycles. The first kappa shape index (κ1) is 13.4. The number of piperidine rings is 1. The van der Waals surface area contributed by atoms with Gasteiger partial charge in [-0.3, -0.25) is 0 Å². The number of nitrogens with zero attached hydrogens (tertiary/aromatic N) is 2. The first-order chi connectivity index (χ1) is 8.69. The Bertz CT molecular complexity index is 398. The minimum atomic E-state index is 0.592. The molecule has 4 heteroatoms. The van der Waals surface area contributed by atoms with Crippen LogP contribution < -0.4 is 10.1 Å². The summed E-state index contributed by atoms with van der Waals surface area (Å²) in [5, 5.41) is 8.04. The van der Waals surface area contributed by atoms with Crippen molar-refractivity contribution in [3.05, 3.63) is 11.3 Å². The maximum absolute atomic E-state index is 5.56. The summed E-state index contributed by atoms with van der Waals surface area (Å²) in [5.74, 6) is 2.25. The van der Waals surface area contributed by atoms with Crippen LogP contribution in [0.15, 0.2) is 0 Å². The average Bonchev–Trinajstić information content (AvgIpc) is 2.64. The van der Waals surface area contributed by atoms with Crippen LogP contribution in [0, 0.1) is 12.8 Å². The number of methoxy groups -OCH3 is 1. The van der Waals surface area contributed by atoms with Crippen molar-refractivity contribution in [2.45, 2.75) is 39.0 Å². The monoisotopic (exact) mass is 251 g/mol. The molecule has 0 spiro atoms. The van der Waals surface area contributed by atoms with Crippen molar-refractivity contribution in [1.29, 1.82) is 0 Å². The molecule has 4 nitrogen and oxygen atoms in total. The van der Waals surface area contributed by atoms with Gasteiger partial charge in [0.1, 0.15) is 0 Å². The van der Waals surface area contributed by atoms with Gasteiger partial charge in [-0.05, 0) is 44.7 Å². The quantitative estimate of drug-likeness (QED) is 0.892. The predicted octanol–water partition coefficient (Wildman–Crippen LogP) is 2.23. The van der Waals surface area contributed by atoms with Crippen LogP contribution >= 0.6 is 0 Å². The number of hydrogen-bond donors (Lipinski definition) is 1. The number of nitrogens with one attached hydrogen (secondary N) is 1. The van der Waals surface area contributed by atoms with Crippen LogP contribution in [0.3, 0.4) is 0 Å². The predicted molar refractivity (Wildman–Crippen MR) is 73.1 cm³/mol. The van der Waals surface area contributed by atoms with Gasteiger partial charge in [0.2, 0.25) is 5.88 Å². The van der Waals surface area contributed by atoms with Crippen LogP contribution in [-0.4, -0.2) is 30.0 Å². The van der Waals surface area contributed by atoms with E-state index in [1.807, 2.05) is 11.7 Å². The van der Waals surface area contributed by atoms with E-state index in [-0.39, 0.29) is 0 Å². The summed E-state index contributed by atoms with van der Waals surface area (Å²) >= 11 is 0. The molecule has 0 aliphatic carbocycles. The molecule has 2 heterocycles. The van der Waals surface area contributed by atoms with Gasteiger partial charge in [0.15, 0.2) is 0 Å². The van der Waals surface area contributed by atoms with E-state index in [1.165, 1.54) is 24.8 Å². The second-order valence-electron chi connectivity index (χ2n) is 5.28. The standard InChI is InChI=1S/C14H25N3O/c1-5-6-11-9-15-8-7-12(11)13-10(2)16-17(3)14(13)18-4/h11-12,15H,5-9H2,1-4H3. The van der Waals surface area contributed by atoms with Gasteiger partial charge in [0, 0.05) is 12.6 Å². The molecule has 2 atom stereocenters. The first-order valence-corrected chi connectivity index (χ1v) is 6.97. The van der Waals surface area contributed by atoms with Crippen molar-refractivity contribution in [3.8, 4) is 5.88 Å². The third-order valence-electron chi connectivity index (χ3n) is 4.05. The first-order valence-electron chi connectivity index (χ1n) is 6.97. The Labute approximate surface area is 110 Å². The molecule has 2 rings (SSSR count). The zero-order valence-corrected chi connectivity index (χ0v) is 12.0. The Kier molecular flexibility index (Phi) is 4.27. The molecule has 2 unspecified atom stereocenters. The summed E-state index contributed by atoms with van der Waals surface area (Å²) in [5.41, 5.74) is 2.46. The second-order valence-corrected chi connectivity index (χ2v) is 5.28. The Morgan fingerprint density at radius 3 is 2.94 bits per heavy atom. The minimum Gasteiger partial charge on any atom is -0.481 e. The van der Waals surface area contributed by atoms with E-state index in [0.717, 1.165) is 24.7 Å². The highest BCUT2D eigenvalue weighted by Crippen LogP contribution is 2.39. The van der Waals surface area contributed by atoms with Crippen LogP contribution in [0.2, 0.25) is 0 Å². The fourth-order valence-corrected chi connectivity index (χ4v) is 3.30. The number of hydrogen-bond acceptors (Lipinski definition) is 3. The summed E-state index contributed by atoms with van der Waals surface area (Å²) in [6.45, 7) is 6.58. The number of ether oxygens (including phenoxy) is 1. The van der Waals surface area contributed by atoms with Crippen molar-refractivity contribution in [2.75, 3.05) is 20.2 Å². The highest BCUT2D eigenvalue weighted by Gasteiger charge is 2.31. The van der Waals surface area contributed by atoms with Gasteiger partial charge in [-0.1, -0.05) is 13.3 Å². The highest BCUT2D eigenvalue weighted by molar-refractivity contribution is 5.35. The molecular weight excluding hydrogens is 226 g/mol. The van der Waals surface area contributed by atoms with Crippen molar-refractivity contribution < 1.29 is 4.74 Å². The summed E-state index contributed by atoms with van der Waals surface area (Å²) in [4.78, 5) is 0. The smallest absolute Gasteiger partial charge is 0.215 e. The van der Waals surface area contributed by atoms with Gasteiger partial charge in [-0.15, -0.1) is 0 Å². The minimum absolute atomic E-state index is 0.592. The normalized spacial score (nSPS) is 24.2. The van der Waals surface area contributed by atoms with Gasteiger partial charge in [-0.2, -0.15) is 5.10 Å². The highest BCUT2D eigenvalue weighted by atomic mass is 16.5. The molecule has 0 saturated carbocycles. The summed E-state index contributed by atoms with van der Waals surface area (Å²) in [6.07, 6.45) is 3.70. The molecule has 1 saturated heterocycles. The Morgan fingerprint density at radius 2 is 2.28 bits per heavy atom. The topological polar surface area (TPSA) is 39.1 Å². The fourth-order valence-electron chi connectivity index (χ4n) is 3.30. The van der Waals surface area contributed by atoms with Crippen LogP contribution in [0.5, 0.6) is 5.88 Å². The van der Waals surface area contributed by atoms with Gasteiger partial charge in [-0.25, -0.2) is 4.68 Å². The van der Waals surface area contributed by atoms with E-state index < -0.39 is 0 Å². The fraction of sp³-hybridized carbons (Fsp3) is 0.786. The maximum atomic E-state index is 5.56. The molecule has 1 aliphatic heterocycles. The molecule has 102 valence electrons. The molecule has 1 aliphatic rings. The molecule has 0 amide bonds. The second kappa shape index (κ2) is 5.74. The third-order valence-corrected chi connectivity index (χ3v) is 4.05. The van der Waals surface area contributed by atoms with Crippen molar-refractivity contribution in [2.24, 2.45) is 13.0 Å². The number of rotatable bonds is 4. The summed E-state index contributed by atoms with van der Waals surface area (Å²) in [6, 6.07) is 0. The van der Waals surface area contributed by atoms with E-state index in [1.54, 1.807) is 7.11 Å². The van der Waals surface area contributed by atoms with Crippen molar-refractivity contribution >= 4 is 0 Å². The van der Waals surface area contributed by atoms with Gasteiger partial charge >= 0.3 is 0 Å². The van der Waals surface area contributed by atoms with Crippen molar-refractivity contribution in [1.82, 2.24) is 15.1 Å². The van der Waals surface area contributed by atoms with E-state index >= 15 is 0 Å². The number of aromatic nitrogens is 2. The molecule has 1 fully saturated rings. The molecule has 1 aromatic rings. The SMILES string of the molecule is CCCC1CNCCC1c1c(C)nn(C)c1OC. The molecule has 1 aromatic heterocycles. The summed E-state index contributed by atoms with van der Waals surface area (Å²) in [7, 11) is 3.71. The largest absolute Gasteiger partial charge is 0.481 e. The van der Waals surface area contributed by atoms with E-state index in [4.69, 9.17) is 4.74 Å². The third kappa shape index (κ3) is 2.39. The van der Waals surface area contributed by atoms with Gasteiger partial charge < -0.3 is 10.1 Å². The Hall–Kier alpha value is -1.03. The van der Waals surface area contributed by atoms with Gasteiger partial charge in [0.05, 0.1) is 12.8 Å². The van der Waals surface area contributed by atoms with Crippen LogP contribution in [0.1, 0.15) is 43.4 Å². The van der Waals surface area contributed by atoms with Crippen LogP contribution in [0.25, 0.3) is 0 Å². The maximum Gasteiger partial charge on any atom is 0.215 e. The van der Waals surface area contributed by atoms with E-state index in [9.17, 15) is 0 Å². The Balaban J connectivity index is 2.32. The van der Waals surface area contributed by atoms with Gasteiger partial charge in [0.25, 0.3) is 0 Å². The zero-order chi connectivity index (χ0) is 13.1. The zero-order valence-electron chi connectivity index (χ0n) is 12.0. The lowest BCUT2D eigenvalue weighted by atomic mass is 9.79. The molecule has 0 bridgehead atoms. The van der Waals surface area contributed by atoms with Crippen LogP contribution in [0.4, 0.5) is 0 Å². The molecule has 1 N–H and O–H groups in total. The van der Waals surface area contributed by atoms with E-state index in [0.29, 0.717) is 11.8 Å². The lowest BCUT2D eigenvalue weighted by Gasteiger charge is -2.32. The Morgan fingerprint density at radius 1 is 1.50 bits per heavy atom. The lowest BCUT2D eigenvalue weighted by Crippen LogP contribution is -2.35. The van der Waals surface area contributed by atoms with Crippen molar-refractivity contribution in [3.63, 3.8) is 0 Å². The molecule has 18 heavy (non-hydrogen) atoms. The lowest BCUT2D eigenvalue weighted by molar-refractivity contribution is 0.293. The number of aryl methyl sites for hydroxylation is 2.